The molecule has 1 aromatic carbocycles. The summed E-state index contributed by atoms with van der Waals surface area (Å²) in [5, 5.41) is 0.496. The molecular weight excluding hydrogens is 366 g/mol. The summed E-state index contributed by atoms with van der Waals surface area (Å²) in [4.78, 5) is 3.73. The van der Waals surface area contributed by atoms with Crippen LogP contribution in [0.2, 0.25) is 5.02 Å². The molecule has 1 heterocycles. The van der Waals surface area contributed by atoms with Gasteiger partial charge in [-0.25, -0.2) is 18.1 Å². The third-order valence-electron chi connectivity index (χ3n) is 2.55. The van der Waals surface area contributed by atoms with E-state index >= 15 is 0 Å². The van der Waals surface area contributed by atoms with Gasteiger partial charge in [-0.15, -0.1) is 0 Å². The molecule has 0 aliphatic rings. The zero-order valence-electron chi connectivity index (χ0n) is 10.2. The molecule has 0 spiro atoms. The van der Waals surface area contributed by atoms with Crippen molar-refractivity contribution < 1.29 is 8.42 Å². The van der Waals surface area contributed by atoms with Crippen LogP contribution in [0.25, 0.3) is 0 Å². The largest absolute Gasteiger partial charge is 0.383 e. The average molecular weight is 377 g/mol. The number of sulfonamides is 1. The first kappa shape index (κ1) is 15.2. The fourth-order valence-corrected chi connectivity index (χ4v) is 3.34. The fourth-order valence-electron chi connectivity index (χ4n) is 1.54. The van der Waals surface area contributed by atoms with Gasteiger partial charge in [-0.3, -0.25) is 0 Å². The number of rotatable bonds is 4. The van der Waals surface area contributed by atoms with Crippen LogP contribution in [0.15, 0.2) is 45.9 Å². The quantitative estimate of drug-likeness (QED) is 0.859. The van der Waals surface area contributed by atoms with Crippen molar-refractivity contribution in [2.75, 3.05) is 5.73 Å². The average Bonchev–Trinajstić information content (AvgIpc) is 2.40. The highest BCUT2D eigenvalue weighted by molar-refractivity contribution is 9.10. The Labute approximate surface area is 130 Å². The van der Waals surface area contributed by atoms with Crippen molar-refractivity contribution in [1.29, 1.82) is 0 Å². The molecule has 2 rings (SSSR count). The van der Waals surface area contributed by atoms with Gasteiger partial charge in [-0.1, -0.05) is 29.8 Å². The molecule has 5 nitrogen and oxygen atoms in total. The molecule has 0 saturated heterocycles. The Hall–Kier alpha value is -1.15. The summed E-state index contributed by atoms with van der Waals surface area (Å²) in [6.07, 6.45) is 1.43. The van der Waals surface area contributed by atoms with E-state index in [-0.39, 0.29) is 17.3 Å². The Morgan fingerprint density at radius 2 is 2.05 bits per heavy atom. The van der Waals surface area contributed by atoms with Crippen molar-refractivity contribution in [3.05, 3.63) is 51.6 Å². The van der Waals surface area contributed by atoms with Gasteiger partial charge < -0.3 is 5.73 Å². The Bertz CT molecular complexity index is 737. The number of aromatic nitrogens is 1. The minimum atomic E-state index is -3.75. The first-order chi connectivity index (χ1) is 9.40. The Morgan fingerprint density at radius 3 is 2.75 bits per heavy atom. The molecule has 0 bridgehead atoms. The van der Waals surface area contributed by atoms with Crippen LogP contribution >= 0.6 is 27.5 Å². The van der Waals surface area contributed by atoms with Crippen LogP contribution in [0.1, 0.15) is 5.56 Å². The Kier molecular flexibility index (Phi) is 4.64. The number of nitrogens with one attached hydrogen (secondary N) is 1. The van der Waals surface area contributed by atoms with Gasteiger partial charge in [0.15, 0.2) is 0 Å². The molecule has 0 radical (unpaired) electrons. The number of halogens is 2. The van der Waals surface area contributed by atoms with Gasteiger partial charge in [-0.2, -0.15) is 0 Å². The molecular formula is C12H11BrClN3O2S. The topological polar surface area (TPSA) is 85.1 Å². The van der Waals surface area contributed by atoms with E-state index in [1.807, 2.05) is 0 Å². The van der Waals surface area contributed by atoms with E-state index in [4.69, 9.17) is 17.3 Å². The zero-order valence-corrected chi connectivity index (χ0v) is 13.3. The number of pyridine rings is 1. The second kappa shape index (κ2) is 6.09. The van der Waals surface area contributed by atoms with E-state index in [1.54, 1.807) is 24.3 Å². The third-order valence-corrected chi connectivity index (χ3v) is 4.78. The summed E-state index contributed by atoms with van der Waals surface area (Å²) < 4.78 is 27.4. The minimum Gasteiger partial charge on any atom is -0.383 e. The first-order valence-corrected chi connectivity index (χ1v) is 8.19. The van der Waals surface area contributed by atoms with E-state index in [0.717, 1.165) is 0 Å². The predicted molar refractivity (Wildman–Crippen MR) is 81.8 cm³/mol. The van der Waals surface area contributed by atoms with Crippen LogP contribution in [-0.2, 0) is 16.6 Å². The Balaban J connectivity index is 2.24. The van der Waals surface area contributed by atoms with Crippen molar-refractivity contribution in [3.63, 3.8) is 0 Å². The highest BCUT2D eigenvalue weighted by Gasteiger charge is 2.19. The maximum Gasteiger partial charge on any atom is 0.244 e. The van der Waals surface area contributed by atoms with Crippen LogP contribution in [0.3, 0.4) is 0 Å². The number of benzene rings is 1. The van der Waals surface area contributed by atoms with Gasteiger partial charge in [0.2, 0.25) is 10.0 Å². The van der Waals surface area contributed by atoms with Crippen molar-refractivity contribution >= 4 is 43.4 Å². The van der Waals surface area contributed by atoms with Crippen LogP contribution < -0.4 is 10.5 Å². The van der Waals surface area contributed by atoms with Crippen molar-refractivity contribution in [3.8, 4) is 0 Å². The highest BCUT2D eigenvalue weighted by atomic mass is 79.9. The molecule has 20 heavy (non-hydrogen) atoms. The van der Waals surface area contributed by atoms with Gasteiger partial charge >= 0.3 is 0 Å². The highest BCUT2D eigenvalue weighted by Crippen LogP contribution is 2.21. The van der Waals surface area contributed by atoms with Crippen LogP contribution in [0.5, 0.6) is 0 Å². The normalized spacial score (nSPS) is 11.5. The van der Waals surface area contributed by atoms with E-state index in [1.165, 1.54) is 12.3 Å². The van der Waals surface area contributed by atoms with Crippen LogP contribution in [0, 0.1) is 0 Å². The summed E-state index contributed by atoms with van der Waals surface area (Å²) in [5.41, 5.74) is 6.28. The second-order valence-corrected chi connectivity index (χ2v) is 7.01. The van der Waals surface area contributed by atoms with Crippen LogP contribution in [0.4, 0.5) is 5.82 Å². The zero-order chi connectivity index (χ0) is 14.8. The lowest BCUT2D eigenvalue weighted by Crippen LogP contribution is -2.24. The van der Waals surface area contributed by atoms with Crippen LogP contribution in [-0.4, -0.2) is 13.4 Å². The number of hydrogen-bond acceptors (Lipinski definition) is 4. The second-order valence-electron chi connectivity index (χ2n) is 3.95. The molecule has 0 aliphatic heterocycles. The number of nitrogens with two attached hydrogens (primary N) is 1. The predicted octanol–water partition coefficient (Wildman–Crippen LogP) is 2.56. The molecule has 0 atom stereocenters. The van der Waals surface area contributed by atoms with E-state index in [9.17, 15) is 8.42 Å². The molecule has 0 fully saturated rings. The molecule has 2 aromatic rings. The number of nitrogen functional groups attached to an aromatic ring is 1. The molecule has 106 valence electrons. The molecule has 0 saturated carbocycles. The SMILES string of the molecule is Nc1ncc(Br)cc1S(=O)(=O)NCc1ccccc1Cl. The van der Waals surface area contributed by atoms with E-state index in [2.05, 4.69) is 25.6 Å². The van der Waals surface area contributed by atoms with E-state index < -0.39 is 10.0 Å². The van der Waals surface area contributed by atoms with Crippen molar-refractivity contribution in [2.45, 2.75) is 11.4 Å². The lowest BCUT2D eigenvalue weighted by molar-refractivity contribution is 0.581. The molecule has 0 unspecified atom stereocenters. The van der Waals surface area contributed by atoms with E-state index in [0.29, 0.717) is 15.1 Å². The lowest BCUT2D eigenvalue weighted by Gasteiger charge is -2.09. The smallest absolute Gasteiger partial charge is 0.244 e. The summed E-state index contributed by atoms with van der Waals surface area (Å²) in [7, 11) is -3.75. The van der Waals surface area contributed by atoms with Gasteiger partial charge in [-0.05, 0) is 33.6 Å². The summed E-state index contributed by atoms with van der Waals surface area (Å²) in [6.45, 7) is 0.0773. The van der Waals surface area contributed by atoms with Gasteiger partial charge in [0.1, 0.15) is 10.7 Å². The lowest BCUT2D eigenvalue weighted by atomic mass is 10.2. The standard InChI is InChI=1S/C12H11BrClN3O2S/c13-9-5-11(12(15)16-7-9)20(18,19)17-6-8-3-1-2-4-10(8)14/h1-5,7,17H,6H2,(H2,15,16). The summed E-state index contributed by atoms with van der Waals surface area (Å²) >= 11 is 9.14. The van der Waals surface area contributed by atoms with Gasteiger partial charge in [0.05, 0.1) is 0 Å². The first-order valence-electron chi connectivity index (χ1n) is 5.54. The molecule has 8 heteroatoms. The molecule has 0 aliphatic carbocycles. The fraction of sp³-hybridized carbons (Fsp3) is 0.0833. The van der Waals surface area contributed by atoms with Gasteiger partial charge in [0.25, 0.3) is 0 Å². The maximum atomic E-state index is 12.2. The Morgan fingerprint density at radius 1 is 1.35 bits per heavy atom. The molecule has 3 N–H and O–H groups in total. The number of anilines is 1. The molecule has 0 amide bonds. The number of hydrogen-bond donors (Lipinski definition) is 2. The van der Waals surface area contributed by atoms with Crippen molar-refractivity contribution in [1.82, 2.24) is 9.71 Å². The number of nitrogens with zero attached hydrogens (tertiary/aromatic N) is 1. The third kappa shape index (κ3) is 3.49. The summed E-state index contributed by atoms with van der Waals surface area (Å²) in [6, 6.07) is 8.39. The summed E-state index contributed by atoms with van der Waals surface area (Å²) in [5.74, 6) is -0.0557. The maximum absolute atomic E-state index is 12.2. The van der Waals surface area contributed by atoms with Gasteiger partial charge in [0, 0.05) is 22.2 Å². The van der Waals surface area contributed by atoms with Crippen molar-refractivity contribution in [2.24, 2.45) is 0 Å². The molecule has 1 aromatic heterocycles. The minimum absolute atomic E-state index is 0.0557. The monoisotopic (exact) mass is 375 g/mol.